The van der Waals surface area contributed by atoms with Gasteiger partial charge >= 0.3 is 0 Å². The molecule has 2 rings (SSSR count). The molecule has 5 heteroatoms. The number of nitrogens with zero attached hydrogens (tertiary/aromatic N) is 2. The van der Waals surface area contributed by atoms with E-state index in [2.05, 4.69) is 17.1 Å². The second-order valence-corrected chi connectivity index (χ2v) is 4.63. The van der Waals surface area contributed by atoms with Crippen LogP contribution in [0.1, 0.15) is 36.7 Å². The van der Waals surface area contributed by atoms with Crippen LogP contribution in [-0.4, -0.2) is 34.1 Å². The smallest absolute Gasteiger partial charge is 0.274 e. The summed E-state index contributed by atoms with van der Waals surface area (Å²) in [5.41, 5.74) is 0.0326. The Morgan fingerprint density at radius 3 is 2.94 bits per heavy atom. The first kappa shape index (κ1) is 11.8. The molecule has 0 aliphatic carbocycles. The zero-order valence-corrected chi connectivity index (χ0v) is 9.98. The van der Waals surface area contributed by atoms with E-state index >= 15 is 0 Å². The summed E-state index contributed by atoms with van der Waals surface area (Å²) in [6, 6.07) is 2.82. The highest BCUT2D eigenvalue weighted by molar-refractivity contribution is 5.92. The average Bonchev–Trinajstić information content (AvgIpc) is 2.54. The third-order valence-corrected chi connectivity index (χ3v) is 3.20. The molecule has 2 heterocycles. The lowest BCUT2D eigenvalue weighted by molar-refractivity contribution is 0.0753. The van der Waals surface area contributed by atoms with E-state index in [1.165, 1.54) is 18.6 Å². The fraction of sp³-hybridized carbons (Fsp3) is 0.583. The minimum absolute atomic E-state index is 0.0876. The van der Waals surface area contributed by atoms with Crippen molar-refractivity contribution in [2.24, 2.45) is 5.92 Å². The molecule has 1 aromatic heterocycles. The van der Waals surface area contributed by atoms with Gasteiger partial charge in [0.15, 0.2) is 0 Å². The summed E-state index contributed by atoms with van der Waals surface area (Å²) in [4.78, 5) is 24.8. The SMILES string of the molecule is CC1CCCN(C(=O)c2ccc(=O)[nH]n2)CC1. The zero-order chi connectivity index (χ0) is 12.3. The van der Waals surface area contributed by atoms with Gasteiger partial charge in [0.05, 0.1) is 0 Å². The molecule has 0 radical (unpaired) electrons. The first-order valence-corrected chi connectivity index (χ1v) is 6.02. The largest absolute Gasteiger partial charge is 0.337 e. The molecule has 0 spiro atoms. The molecule has 0 saturated carbocycles. The number of hydrogen-bond donors (Lipinski definition) is 1. The Labute approximate surface area is 99.8 Å². The highest BCUT2D eigenvalue weighted by atomic mass is 16.2. The Hall–Kier alpha value is -1.65. The van der Waals surface area contributed by atoms with Crippen LogP contribution in [0.2, 0.25) is 0 Å². The maximum Gasteiger partial charge on any atom is 0.274 e. The third kappa shape index (κ3) is 2.93. The van der Waals surface area contributed by atoms with Gasteiger partial charge in [-0.15, -0.1) is 0 Å². The van der Waals surface area contributed by atoms with Crippen molar-refractivity contribution in [3.05, 3.63) is 28.2 Å². The number of amides is 1. The maximum atomic E-state index is 12.1. The number of nitrogens with one attached hydrogen (secondary N) is 1. The molecule has 0 aromatic carbocycles. The van der Waals surface area contributed by atoms with E-state index in [0.717, 1.165) is 25.9 Å². The Kier molecular flexibility index (Phi) is 3.56. The number of rotatable bonds is 1. The monoisotopic (exact) mass is 235 g/mol. The molecular weight excluding hydrogens is 218 g/mol. The molecule has 1 saturated heterocycles. The Bertz CT molecular complexity index is 435. The number of H-pyrrole nitrogens is 1. The summed E-state index contributed by atoms with van der Waals surface area (Å²) in [6.45, 7) is 3.77. The number of aromatic nitrogens is 2. The molecule has 1 aliphatic rings. The quantitative estimate of drug-likeness (QED) is 0.790. The average molecular weight is 235 g/mol. The lowest BCUT2D eigenvalue weighted by Crippen LogP contribution is -2.33. The lowest BCUT2D eigenvalue weighted by Gasteiger charge is -2.19. The Morgan fingerprint density at radius 1 is 1.41 bits per heavy atom. The van der Waals surface area contributed by atoms with E-state index in [-0.39, 0.29) is 11.5 Å². The molecule has 17 heavy (non-hydrogen) atoms. The van der Waals surface area contributed by atoms with Crippen LogP contribution in [-0.2, 0) is 0 Å². The maximum absolute atomic E-state index is 12.1. The zero-order valence-electron chi connectivity index (χ0n) is 9.98. The number of hydrogen-bond acceptors (Lipinski definition) is 3. The predicted octanol–water partition coefficient (Wildman–Crippen LogP) is 1.03. The van der Waals surface area contributed by atoms with Gasteiger partial charge in [0.1, 0.15) is 5.69 Å². The van der Waals surface area contributed by atoms with Gasteiger partial charge in [0.2, 0.25) is 0 Å². The molecule has 5 nitrogen and oxygen atoms in total. The number of carbonyl (C=O) groups excluding carboxylic acids is 1. The van der Waals surface area contributed by atoms with E-state index in [1.807, 2.05) is 4.90 Å². The molecule has 1 amide bonds. The second-order valence-electron chi connectivity index (χ2n) is 4.63. The summed E-state index contributed by atoms with van der Waals surface area (Å²) in [7, 11) is 0. The van der Waals surface area contributed by atoms with Crippen LogP contribution < -0.4 is 5.56 Å². The summed E-state index contributed by atoms with van der Waals surface area (Å²) >= 11 is 0. The van der Waals surface area contributed by atoms with Gasteiger partial charge < -0.3 is 4.90 Å². The van der Waals surface area contributed by atoms with Crippen molar-refractivity contribution in [2.75, 3.05) is 13.1 Å². The minimum atomic E-state index is -0.286. The van der Waals surface area contributed by atoms with Crippen LogP contribution in [0.5, 0.6) is 0 Å². The summed E-state index contributed by atoms with van der Waals surface area (Å²) in [5.74, 6) is 0.590. The molecule has 1 unspecified atom stereocenters. The first-order chi connectivity index (χ1) is 8.16. The van der Waals surface area contributed by atoms with Crippen molar-refractivity contribution in [1.82, 2.24) is 15.1 Å². The minimum Gasteiger partial charge on any atom is -0.337 e. The topological polar surface area (TPSA) is 66.1 Å². The summed E-state index contributed by atoms with van der Waals surface area (Å²) < 4.78 is 0. The van der Waals surface area contributed by atoms with Crippen molar-refractivity contribution >= 4 is 5.91 Å². The van der Waals surface area contributed by atoms with Crippen LogP contribution in [0.25, 0.3) is 0 Å². The van der Waals surface area contributed by atoms with E-state index in [1.54, 1.807) is 0 Å². The van der Waals surface area contributed by atoms with Crippen LogP contribution in [0, 0.1) is 5.92 Å². The van der Waals surface area contributed by atoms with Gasteiger partial charge in [0, 0.05) is 19.2 Å². The highest BCUT2D eigenvalue weighted by Gasteiger charge is 2.20. The van der Waals surface area contributed by atoms with Crippen molar-refractivity contribution in [3.8, 4) is 0 Å². The normalized spacial score (nSPS) is 21.0. The van der Waals surface area contributed by atoms with E-state index in [4.69, 9.17) is 0 Å². The van der Waals surface area contributed by atoms with Gasteiger partial charge in [-0.3, -0.25) is 9.59 Å². The van der Waals surface area contributed by atoms with Crippen LogP contribution in [0.4, 0.5) is 0 Å². The first-order valence-electron chi connectivity index (χ1n) is 6.02. The van der Waals surface area contributed by atoms with Gasteiger partial charge in [0.25, 0.3) is 11.5 Å². The van der Waals surface area contributed by atoms with Crippen LogP contribution >= 0.6 is 0 Å². The number of aromatic amines is 1. The molecule has 1 N–H and O–H groups in total. The second kappa shape index (κ2) is 5.12. The molecule has 1 atom stereocenters. The van der Waals surface area contributed by atoms with Crippen LogP contribution in [0.3, 0.4) is 0 Å². The fourth-order valence-corrected chi connectivity index (χ4v) is 2.09. The van der Waals surface area contributed by atoms with Crippen molar-refractivity contribution in [3.63, 3.8) is 0 Å². The highest BCUT2D eigenvalue weighted by Crippen LogP contribution is 2.17. The molecule has 1 aliphatic heterocycles. The Balaban J connectivity index is 2.08. The third-order valence-electron chi connectivity index (χ3n) is 3.20. The van der Waals surface area contributed by atoms with Gasteiger partial charge in [-0.25, -0.2) is 5.10 Å². The van der Waals surface area contributed by atoms with E-state index < -0.39 is 0 Å². The predicted molar refractivity (Wildman–Crippen MR) is 63.8 cm³/mol. The summed E-state index contributed by atoms with van der Waals surface area (Å²) in [6.07, 6.45) is 3.24. The summed E-state index contributed by atoms with van der Waals surface area (Å²) in [5, 5.41) is 6.07. The molecule has 1 aromatic rings. The van der Waals surface area contributed by atoms with Gasteiger partial charge in [-0.05, 0) is 31.2 Å². The fourth-order valence-electron chi connectivity index (χ4n) is 2.09. The molecular formula is C12H17N3O2. The molecule has 92 valence electrons. The van der Waals surface area contributed by atoms with E-state index in [9.17, 15) is 9.59 Å². The van der Waals surface area contributed by atoms with Gasteiger partial charge in [-0.2, -0.15) is 5.10 Å². The standard InChI is InChI=1S/C12H17N3O2/c1-9-3-2-7-15(8-6-9)12(17)10-4-5-11(16)14-13-10/h4-5,9H,2-3,6-8H2,1H3,(H,14,16). The number of carbonyl (C=O) groups is 1. The molecule has 1 fully saturated rings. The van der Waals surface area contributed by atoms with Crippen molar-refractivity contribution in [2.45, 2.75) is 26.2 Å². The van der Waals surface area contributed by atoms with Gasteiger partial charge in [-0.1, -0.05) is 6.92 Å². The molecule has 0 bridgehead atoms. The van der Waals surface area contributed by atoms with E-state index in [0.29, 0.717) is 11.6 Å². The lowest BCUT2D eigenvalue weighted by atomic mass is 10.0. The van der Waals surface area contributed by atoms with Crippen molar-refractivity contribution < 1.29 is 4.79 Å². The Morgan fingerprint density at radius 2 is 2.24 bits per heavy atom. The number of likely N-dealkylation sites (tertiary alicyclic amines) is 1. The van der Waals surface area contributed by atoms with Crippen LogP contribution in [0.15, 0.2) is 16.9 Å². The van der Waals surface area contributed by atoms with Crippen molar-refractivity contribution in [1.29, 1.82) is 0 Å².